The number of hydrogen-bond acceptors (Lipinski definition) is 0. The molecule has 12 heavy (non-hydrogen) atoms. The van der Waals surface area contributed by atoms with Gasteiger partial charge in [-0.3, -0.25) is 0 Å². The van der Waals surface area contributed by atoms with Gasteiger partial charge in [-0.05, 0) is 17.5 Å². The predicted octanol–water partition coefficient (Wildman–Crippen LogP) is -1.96. The Balaban J connectivity index is 0.00000121. The van der Waals surface area contributed by atoms with E-state index in [1.807, 2.05) is 0 Å². The first-order chi connectivity index (χ1) is 5.38. The third-order valence-corrected chi connectivity index (χ3v) is 1.95. The van der Waals surface area contributed by atoms with Crippen molar-refractivity contribution in [2.75, 3.05) is 6.54 Å². The Morgan fingerprint density at radius 2 is 1.75 bits per heavy atom. The molecule has 0 saturated carbocycles. The van der Waals surface area contributed by atoms with Gasteiger partial charge in [-0.25, -0.2) is 0 Å². The monoisotopic (exact) mass is 185 g/mol. The molecular formula is C10H16ClN. The molecule has 0 heterocycles. The van der Waals surface area contributed by atoms with Crippen molar-refractivity contribution in [1.29, 1.82) is 0 Å². The number of benzene rings is 1. The Labute approximate surface area is 80.4 Å². The summed E-state index contributed by atoms with van der Waals surface area (Å²) in [6.07, 6.45) is 2.25. The van der Waals surface area contributed by atoms with Crippen molar-refractivity contribution in [2.24, 2.45) is 0 Å². The number of hydrogen-bond donors (Lipinski definition) is 1. The first-order valence-electron chi connectivity index (χ1n) is 4.24. The van der Waals surface area contributed by atoms with Gasteiger partial charge >= 0.3 is 0 Å². The molecule has 0 spiro atoms. The molecule has 0 aliphatic heterocycles. The van der Waals surface area contributed by atoms with Crippen LogP contribution in [-0.2, 0) is 12.8 Å². The molecule has 1 rings (SSSR count). The minimum Gasteiger partial charge on any atom is -1.00 e. The van der Waals surface area contributed by atoms with Crippen LogP contribution in [0.25, 0.3) is 0 Å². The summed E-state index contributed by atoms with van der Waals surface area (Å²) < 4.78 is 0. The number of rotatable bonds is 3. The average Bonchev–Trinajstić information content (AvgIpc) is 2.06. The van der Waals surface area contributed by atoms with Crippen molar-refractivity contribution in [3.05, 3.63) is 35.4 Å². The van der Waals surface area contributed by atoms with Gasteiger partial charge in [-0.15, -0.1) is 0 Å². The van der Waals surface area contributed by atoms with Gasteiger partial charge in [0.15, 0.2) is 0 Å². The summed E-state index contributed by atoms with van der Waals surface area (Å²) in [4.78, 5) is 0. The van der Waals surface area contributed by atoms with Crippen LogP contribution in [0.4, 0.5) is 0 Å². The topological polar surface area (TPSA) is 27.6 Å². The molecule has 1 aromatic rings. The van der Waals surface area contributed by atoms with E-state index in [0.717, 1.165) is 19.4 Å². The van der Waals surface area contributed by atoms with Crippen molar-refractivity contribution in [2.45, 2.75) is 19.8 Å². The van der Waals surface area contributed by atoms with E-state index in [-0.39, 0.29) is 12.4 Å². The summed E-state index contributed by atoms with van der Waals surface area (Å²) >= 11 is 0. The molecule has 0 fully saturated rings. The van der Waals surface area contributed by atoms with Gasteiger partial charge in [-0.1, -0.05) is 31.2 Å². The number of aryl methyl sites for hydroxylation is 1. The number of quaternary nitrogens is 1. The van der Waals surface area contributed by atoms with E-state index >= 15 is 0 Å². The van der Waals surface area contributed by atoms with Crippen molar-refractivity contribution in [3.63, 3.8) is 0 Å². The fourth-order valence-electron chi connectivity index (χ4n) is 1.34. The van der Waals surface area contributed by atoms with E-state index in [1.165, 1.54) is 11.1 Å². The lowest BCUT2D eigenvalue weighted by Gasteiger charge is -2.03. The average molecular weight is 186 g/mol. The second-order valence-corrected chi connectivity index (χ2v) is 2.73. The molecule has 1 aromatic carbocycles. The molecule has 0 saturated heterocycles. The second-order valence-electron chi connectivity index (χ2n) is 2.73. The standard InChI is InChI=1S/C10H15N.ClH/c1-2-9-5-3-4-6-10(9)7-8-11;/h3-6H,2,7-8,11H2,1H3;1H. The van der Waals surface area contributed by atoms with Crippen LogP contribution in [-0.4, -0.2) is 6.54 Å². The lowest BCUT2D eigenvalue weighted by atomic mass is 10.0. The lowest BCUT2D eigenvalue weighted by Crippen LogP contribution is -3.00. The normalized spacial score (nSPS) is 9.17. The largest absolute Gasteiger partial charge is 1.00 e. The summed E-state index contributed by atoms with van der Waals surface area (Å²) in [5.41, 5.74) is 6.79. The van der Waals surface area contributed by atoms with Crippen LogP contribution in [0.1, 0.15) is 18.1 Å². The smallest absolute Gasteiger partial charge is 0.0780 e. The summed E-state index contributed by atoms with van der Waals surface area (Å²) in [6, 6.07) is 8.60. The molecule has 0 bridgehead atoms. The molecule has 0 atom stereocenters. The van der Waals surface area contributed by atoms with Crippen molar-refractivity contribution in [1.82, 2.24) is 0 Å². The van der Waals surface area contributed by atoms with E-state index in [2.05, 4.69) is 36.9 Å². The highest BCUT2D eigenvalue weighted by Crippen LogP contribution is 2.08. The van der Waals surface area contributed by atoms with E-state index in [1.54, 1.807) is 0 Å². The molecule has 0 unspecified atom stereocenters. The van der Waals surface area contributed by atoms with E-state index in [0.29, 0.717) is 0 Å². The zero-order valence-electron chi connectivity index (χ0n) is 7.52. The van der Waals surface area contributed by atoms with Gasteiger partial charge in [0, 0.05) is 6.42 Å². The summed E-state index contributed by atoms with van der Waals surface area (Å²) in [5.74, 6) is 0. The Morgan fingerprint density at radius 3 is 2.25 bits per heavy atom. The summed E-state index contributed by atoms with van der Waals surface area (Å²) in [6.45, 7) is 3.19. The molecule has 0 aliphatic carbocycles. The van der Waals surface area contributed by atoms with Crippen LogP contribution in [0.2, 0.25) is 0 Å². The van der Waals surface area contributed by atoms with Crippen LogP contribution in [0.15, 0.2) is 24.3 Å². The van der Waals surface area contributed by atoms with Crippen LogP contribution in [0, 0.1) is 0 Å². The maximum atomic E-state index is 3.86. The Hall–Kier alpha value is -0.530. The first kappa shape index (κ1) is 11.5. The molecule has 2 heteroatoms. The zero-order valence-corrected chi connectivity index (χ0v) is 8.27. The summed E-state index contributed by atoms with van der Waals surface area (Å²) in [7, 11) is 0. The quantitative estimate of drug-likeness (QED) is 0.567. The predicted molar refractivity (Wildman–Crippen MR) is 47.3 cm³/mol. The number of halogens is 1. The Morgan fingerprint density at radius 1 is 1.17 bits per heavy atom. The molecule has 1 nitrogen and oxygen atoms in total. The van der Waals surface area contributed by atoms with Crippen LogP contribution in [0.5, 0.6) is 0 Å². The van der Waals surface area contributed by atoms with Gasteiger partial charge in [-0.2, -0.15) is 0 Å². The van der Waals surface area contributed by atoms with E-state index in [4.69, 9.17) is 0 Å². The van der Waals surface area contributed by atoms with Gasteiger partial charge in [0.25, 0.3) is 0 Å². The Kier molecular flexibility index (Phi) is 5.77. The molecule has 0 aromatic heterocycles. The van der Waals surface area contributed by atoms with E-state index < -0.39 is 0 Å². The van der Waals surface area contributed by atoms with Crippen LogP contribution >= 0.6 is 0 Å². The molecule has 0 radical (unpaired) electrons. The van der Waals surface area contributed by atoms with Crippen LogP contribution < -0.4 is 18.1 Å². The van der Waals surface area contributed by atoms with E-state index in [9.17, 15) is 0 Å². The molecular weight excluding hydrogens is 170 g/mol. The molecule has 3 N–H and O–H groups in total. The highest BCUT2D eigenvalue weighted by molar-refractivity contribution is 5.26. The third kappa shape index (κ3) is 2.84. The van der Waals surface area contributed by atoms with Crippen molar-refractivity contribution in [3.8, 4) is 0 Å². The molecule has 0 aliphatic rings. The second kappa shape index (κ2) is 6.04. The summed E-state index contributed by atoms with van der Waals surface area (Å²) in [5, 5.41) is 0. The SMILES string of the molecule is CCc1ccccc1CC[NH3+].[Cl-]. The van der Waals surface area contributed by atoms with Gasteiger partial charge in [0.1, 0.15) is 0 Å². The minimum atomic E-state index is 0. The van der Waals surface area contributed by atoms with Crippen molar-refractivity contribution >= 4 is 0 Å². The fourth-order valence-corrected chi connectivity index (χ4v) is 1.34. The Bertz CT molecular complexity index is 223. The fraction of sp³-hybridized carbons (Fsp3) is 0.400. The van der Waals surface area contributed by atoms with Crippen LogP contribution in [0.3, 0.4) is 0 Å². The molecule has 0 amide bonds. The maximum Gasteiger partial charge on any atom is 0.0780 e. The highest BCUT2D eigenvalue weighted by atomic mass is 35.5. The lowest BCUT2D eigenvalue weighted by molar-refractivity contribution is -0.366. The van der Waals surface area contributed by atoms with Gasteiger partial charge in [0.2, 0.25) is 0 Å². The van der Waals surface area contributed by atoms with Gasteiger partial charge < -0.3 is 18.1 Å². The highest BCUT2D eigenvalue weighted by Gasteiger charge is 1.97. The maximum absolute atomic E-state index is 3.86. The van der Waals surface area contributed by atoms with Crippen molar-refractivity contribution < 1.29 is 18.1 Å². The first-order valence-corrected chi connectivity index (χ1v) is 4.24. The van der Waals surface area contributed by atoms with Gasteiger partial charge in [0.05, 0.1) is 6.54 Å². The minimum absolute atomic E-state index is 0. The molecule has 68 valence electrons. The zero-order chi connectivity index (χ0) is 8.10. The third-order valence-electron chi connectivity index (χ3n) is 1.95.